The van der Waals surface area contributed by atoms with Crippen molar-refractivity contribution in [2.45, 2.75) is 72.5 Å². The van der Waals surface area contributed by atoms with Gasteiger partial charge in [0.05, 0.1) is 20.3 Å². The third kappa shape index (κ3) is 3.79. The average Bonchev–Trinajstić information content (AvgIpc) is 2.91. The Morgan fingerprint density at radius 2 is 1.88 bits per heavy atom. The predicted molar refractivity (Wildman–Crippen MR) is 103 cm³/mol. The minimum absolute atomic E-state index is 0.00441. The molecule has 0 saturated heterocycles. The van der Waals surface area contributed by atoms with E-state index < -0.39 is 13.4 Å². The summed E-state index contributed by atoms with van der Waals surface area (Å²) < 4.78 is 29.2. The molecule has 7 heteroatoms. The molecule has 2 aliphatic carbocycles. The quantitative estimate of drug-likeness (QED) is 0.419. The summed E-state index contributed by atoms with van der Waals surface area (Å²) >= 11 is 0. The zero-order valence-electron chi connectivity index (χ0n) is 17.0. The van der Waals surface area contributed by atoms with Gasteiger partial charge in [0, 0.05) is 17.5 Å². The lowest BCUT2D eigenvalue weighted by Crippen LogP contribution is -2.33. The molecule has 2 aliphatic rings. The number of fused-ring (bicyclic) bond motifs is 2. The summed E-state index contributed by atoms with van der Waals surface area (Å²) in [4.78, 5) is 16.6. The minimum Gasteiger partial charge on any atom is -0.469 e. The van der Waals surface area contributed by atoms with Crippen molar-refractivity contribution in [1.82, 2.24) is 0 Å². The first kappa shape index (κ1) is 21.6. The molecule has 0 N–H and O–H groups in total. The molecule has 2 bridgehead atoms. The lowest BCUT2D eigenvalue weighted by molar-refractivity contribution is -0.140. The Morgan fingerprint density at radius 3 is 2.31 bits per heavy atom. The van der Waals surface area contributed by atoms with Crippen LogP contribution in [0, 0.1) is 16.7 Å². The SMILES string of the molecule is CCOP(=O)(OCC)[C@H](CCC(=O)OC)N=C1C[C@H]2CC[C@]1(C)C2(C)C. The fourth-order valence-corrected chi connectivity index (χ4v) is 6.38. The van der Waals surface area contributed by atoms with Crippen LogP contribution in [-0.4, -0.2) is 37.8 Å². The molecular weight excluding hydrogens is 353 g/mol. The first-order valence-corrected chi connectivity index (χ1v) is 11.3. The largest absolute Gasteiger partial charge is 0.469 e. The second kappa shape index (κ2) is 8.12. The number of carbonyl (C=O) groups is 1. The summed E-state index contributed by atoms with van der Waals surface area (Å²) in [5.74, 6) is -0.399. The van der Waals surface area contributed by atoms with Gasteiger partial charge in [-0.15, -0.1) is 0 Å². The monoisotopic (exact) mass is 387 g/mol. The zero-order chi connectivity index (χ0) is 19.6. The summed E-state index contributed by atoms with van der Waals surface area (Å²) in [6.07, 6.45) is 3.68. The number of carbonyl (C=O) groups excluding carboxylic acids is 1. The summed E-state index contributed by atoms with van der Waals surface area (Å²) in [5.41, 5.74) is 1.29. The first-order valence-electron chi connectivity index (χ1n) is 9.67. The summed E-state index contributed by atoms with van der Waals surface area (Å²) in [5, 5.41) is 0. The Labute approximate surface area is 157 Å². The van der Waals surface area contributed by atoms with E-state index >= 15 is 0 Å². The van der Waals surface area contributed by atoms with Gasteiger partial charge in [-0.05, 0) is 50.9 Å². The Balaban J connectivity index is 2.35. The van der Waals surface area contributed by atoms with Gasteiger partial charge in [-0.1, -0.05) is 20.8 Å². The number of rotatable bonds is 9. The molecule has 2 saturated carbocycles. The van der Waals surface area contributed by atoms with Crippen LogP contribution in [-0.2, 0) is 23.1 Å². The maximum Gasteiger partial charge on any atom is 0.354 e. The van der Waals surface area contributed by atoms with E-state index in [1.165, 1.54) is 13.5 Å². The predicted octanol–water partition coefficient (Wildman–Crippen LogP) is 4.82. The highest BCUT2D eigenvalue weighted by atomic mass is 31.2. The lowest BCUT2D eigenvalue weighted by atomic mass is 9.70. The molecular formula is C19H34NO5P. The highest BCUT2D eigenvalue weighted by molar-refractivity contribution is 7.54. The standard InChI is InChI=1S/C19H34NO5P/c1-7-24-26(22,25-8-2)16(9-10-17(21)23-6)20-15-13-14-11-12-19(15,5)18(14,3)4/h14,16H,7-13H2,1-6H3/t14-,16-,19+/m1/s1. The van der Waals surface area contributed by atoms with Crippen LogP contribution in [0.3, 0.4) is 0 Å². The van der Waals surface area contributed by atoms with Gasteiger partial charge in [-0.25, -0.2) is 0 Å². The molecule has 0 spiro atoms. The third-order valence-electron chi connectivity index (χ3n) is 6.63. The third-order valence-corrected chi connectivity index (χ3v) is 8.97. The van der Waals surface area contributed by atoms with E-state index in [1.54, 1.807) is 13.8 Å². The van der Waals surface area contributed by atoms with Gasteiger partial charge >= 0.3 is 13.6 Å². The molecule has 6 nitrogen and oxygen atoms in total. The lowest BCUT2D eigenvalue weighted by Gasteiger charge is -2.35. The van der Waals surface area contributed by atoms with Crippen molar-refractivity contribution >= 4 is 19.3 Å². The van der Waals surface area contributed by atoms with Gasteiger partial charge in [0.1, 0.15) is 0 Å². The molecule has 0 amide bonds. The normalized spacial score (nSPS) is 29.9. The topological polar surface area (TPSA) is 74.2 Å². The number of esters is 1. The molecule has 2 fully saturated rings. The molecule has 0 aromatic rings. The minimum atomic E-state index is -3.44. The van der Waals surface area contributed by atoms with Crippen molar-refractivity contribution in [3.05, 3.63) is 0 Å². The molecule has 150 valence electrons. The summed E-state index contributed by atoms with van der Waals surface area (Å²) in [6, 6.07) is 0. The van der Waals surface area contributed by atoms with Crippen LogP contribution in [0.4, 0.5) is 0 Å². The summed E-state index contributed by atoms with van der Waals surface area (Å²) in [7, 11) is -2.08. The van der Waals surface area contributed by atoms with Gasteiger partial charge in [-0.3, -0.25) is 14.4 Å². The van der Waals surface area contributed by atoms with Crippen molar-refractivity contribution in [1.29, 1.82) is 0 Å². The van der Waals surface area contributed by atoms with Crippen LogP contribution in [0.25, 0.3) is 0 Å². The van der Waals surface area contributed by atoms with Crippen molar-refractivity contribution in [3.8, 4) is 0 Å². The highest BCUT2D eigenvalue weighted by Gasteiger charge is 2.60. The first-order chi connectivity index (χ1) is 12.1. The Bertz CT molecular complexity index is 593. The molecule has 0 heterocycles. The van der Waals surface area contributed by atoms with Crippen molar-refractivity contribution in [2.75, 3.05) is 20.3 Å². The second-order valence-electron chi connectivity index (χ2n) is 8.04. The van der Waals surface area contributed by atoms with Crippen molar-refractivity contribution in [3.63, 3.8) is 0 Å². The number of nitrogens with zero attached hydrogens (tertiary/aromatic N) is 1. The van der Waals surface area contributed by atoms with E-state index in [1.807, 2.05) is 0 Å². The Hall–Kier alpha value is -0.710. The Morgan fingerprint density at radius 1 is 1.27 bits per heavy atom. The summed E-state index contributed by atoms with van der Waals surface area (Å²) in [6.45, 7) is 11.0. The van der Waals surface area contributed by atoms with Crippen LogP contribution < -0.4 is 0 Å². The van der Waals surface area contributed by atoms with Crippen molar-refractivity contribution in [2.24, 2.45) is 21.7 Å². The zero-order valence-corrected chi connectivity index (χ0v) is 17.9. The number of aliphatic imine (C=N–C) groups is 1. The maximum atomic E-state index is 13.4. The van der Waals surface area contributed by atoms with Crippen LogP contribution in [0.1, 0.15) is 66.7 Å². The molecule has 26 heavy (non-hydrogen) atoms. The van der Waals surface area contributed by atoms with Gasteiger partial charge < -0.3 is 13.8 Å². The fourth-order valence-electron chi connectivity index (χ4n) is 4.52. The van der Waals surface area contributed by atoms with Crippen LogP contribution in [0.2, 0.25) is 0 Å². The molecule has 0 aromatic heterocycles. The van der Waals surface area contributed by atoms with E-state index in [0.717, 1.165) is 18.6 Å². The van der Waals surface area contributed by atoms with E-state index in [-0.39, 0.29) is 36.4 Å². The molecule has 0 aromatic carbocycles. The van der Waals surface area contributed by atoms with Gasteiger partial charge in [0.2, 0.25) is 0 Å². The molecule has 0 aliphatic heterocycles. The maximum absolute atomic E-state index is 13.4. The van der Waals surface area contributed by atoms with E-state index in [9.17, 15) is 9.36 Å². The molecule has 0 unspecified atom stereocenters. The molecule has 2 rings (SSSR count). The number of hydrogen-bond donors (Lipinski definition) is 0. The smallest absolute Gasteiger partial charge is 0.354 e. The highest BCUT2D eigenvalue weighted by Crippen LogP contribution is 2.65. The van der Waals surface area contributed by atoms with Gasteiger partial charge in [0.15, 0.2) is 5.78 Å². The second-order valence-corrected chi connectivity index (χ2v) is 10.2. The number of hydrogen-bond acceptors (Lipinski definition) is 6. The van der Waals surface area contributed by atoms with Crippen LogP contribution in [0.15, 0.2) is 4.99 Å². The van der Waals surface area contributed by atoms with Crippen molar-refractivity contribution < 1.29 is 23.1 Å². The molecule has 0 radical (unpaired) electrons. The van der Waals surface area contributed by atoms with E-state index in [4.69, 9.17) is 18.8 Å². The number of methoxy groups -OCH3 is 1. The van der Waals surface area contributed by atoms with E-state index in [2.05, 4.69) is 20.8 Å². The van der Waals surface area contributed by atoms with E-state index in [0.29, 0.717) is 12.3 Å². The van der Waals surface area contributed by atoms with Gasteiger partial charge in [-0.2, -0.15) is 0 Å². The van der Waals surface area contributed by atoms with Crippen LogP contribution >= 0.6 is 7.60 Å². The van der Waals surface area contributed by atoms with Crippen LogP contribution in [0.5, 0.6) is 0 Å². The molecule has 3 atom stereocenters. The average molecular weight is 387 g/mol. The number of ether oxygens (including phenoxy) is 1. The Kier molecular flexibility index (Phi) is 6.74. The van der Waals surface area contributed by atoms with Gasteiger partial charge in [0.25, 0.3) is 0 Å². The fraction of sp³-hybridized carbons (Fsp3) is 0.895.